The van der Waals surface area contributed by atoms with Crippen LogP contribution in [-0.4, -0.2) is 72.5 Å². The number of carbonyl (C=O) groups is 1. The molecule has 0 aliphatic carbocycles. The monoisotopic (exact) mass is 615 g/mol. The summed E-state index contributed by atoms with van der Waals surface area (Å²) in [5.74, 6) is 1.67. The van der Waals surface area contributed by atoms with Crippen molar-refractivity contribution >= 4 is 55.7 Å². The number of benzene rings is 1. The Hall–Kier alpha value is -3.49. The average molecular weight is 616 g/mol. The number of fused-ring (bicyclic) bond motifs is 1. The molecular weight excluding hydrogens is 578 g/mol. The van der Waals surface area contributed by atoms with E-state index in [1.165, 1.54) is 11.3 Å². The van der Waals surface area contributed by atoms with Crippen molar-refractivity contribution in [3.8, 4) is 0 Å². The lowest BCUT2D eigenvalue weighted by Crippen LogP contribution is -2.38. The fraction of sp³-hybridized carbons (Fsp3) is 0.500. The Kier molecular flexibility index (Phi) is 9.13. The Balaban J connectivity index is 1.45. The third-order valence-electron chi connectivity index (χ3n) is 7.34. The van der Waals surface area contributed by atoms with Gasteiger partial charge in [0.25, 0.3) is 0 Å². The molecule has 226 valence electrons. The first-order valence-electron chi connectivity index (χ1n) is 14.3. The lowest BCUT2D eigenvalue weighted by atomic mass is 10.0. The van der Waals surface area contributed by atoms with E-state index in [-0.39, 0.29) is 18.5 Å². The third-order valence-corrected chi connectivity index (χ3v) is 9.70. The number of nitrogens with one attached hydrogen (secondary N) is 2. The first-order chi connectivity index (χ1) is 20.2. The first-order valence-corrected chi connectivity index (χ1v) is 16.7. The molecule has 5 rings (SSSR count). The molecule has 2 aliphatic rings. The zero-order valence-electron chi connectivity index (χ0n) is 24.1. The van der Waals surface area contributed by atoms with Gasteiger partial charge in [0.05, 0.1) is 24.2 Å². The van der Waals surface area contributed by atoms with Gasteiger partial charge in [-0.05, 0) is 64.2 Å². The number of piperidine rings is 1. The van der Waals surface area contributed by atoms with Gasteiger partial charge in [0.1, 0.15) is 16.5 Å². The maximum atomic E-state index is 12.4. The molecule has 1 aromatic carbocycles. The molecule has 0 bridgehead atoms. The lowest BCUT2D eigenvalue weighted by Gasteiger charge is -2.36. The molecule has 4 heterocycles. The minimum absolute atomic E-state index is 0.0123. The number of esters is 1. The van der Waals surface area contributed by atoms with Crippen molar-refractivity contribution in [2.75, 3.05) is 51.8 Å². The van der Waals surface area contributed by atoms with Crippen molar-refractivity contribution in [3.05, 3.63) is 46.0 Å². The van der Waals surface area contributed by atoms with Crippen molar-refractivity contribution in [2.24, 2.45) is 0 Å². The summed E-state index contributed by atoms with van der Waals surface area (Å²) in [6.07, 6.45) is 2.82. The highest BCUT2D eigenvalue weighted by Gasteiger charge is 2.29. The quantitative estimate of drug-likeness (QED) is 0.286. The first kappa shape index (κ1) is 30.0. The molecule has 1 saturated heterocycles. The molecule has 0 atom stereocenters. The molecule has 0 radical (unpaired) electrons. The maximum Gasteiger partial charge on any atom is 0.350 e. The number of rotatable bonds is 10. The van der Waals surface area contributed by atoms with Gasteiger partial charge in [-0.25, -0.2) is 18.2 Å². The van der Waals surface area contributed by atoms with Crippen LogP contribution < -0.4 is 19.8 Å². The average Bonchev–Trinajstić information content (AvgIpc) is 3.34. The van der Waals surface area contributed by atoms with Gasteiger partial charge in [-0.1, -0.05) is 23.5 Å². The van der Waals surface area contributed by atoms with E-state index in [0.29, 0.717) is 59.8 Å². The number of aliphatic hydroxyl groups is 1. The Bertz CT molecular complexity index is 1520. The van der Waals surface area contributed by atoms with Crippen molar-refractivity contribution in [2.45, 2.75) is 59.1 Å². The molecule has 2 aromatic heterocycles. The van der Waals surface area contributed by atoms with E-state index in [2.05, 4.69) is 24.8 Å². The number of aromatic nitrogens is 3. The molecule has 0 saturated carbocycles. The second kappa shape index (κ2) is 12.8. The molecule has 1 fully saturated rings. The number of aliphatic hydroxyl groups excluding tert-OH is 1. The summed E-state index contributed by atoms with van der Waals surface area (Å²) in [5.41, 5.74) is 3.20. The number of sulfonamides is 1. The highest BCUT2D eigenvalue weighted by molar-refractivity contribution is 7.92. The van der Waals surface area contributed by atoms with Crippen LogP contribution in [0.15, 0.2) is 24.3 Å². The number of aryl methyl sites for hydroxylation is 1. The number of ether oxygens (including phenoxy) is 1. The molecule has 0 unspecified atom stereocenters. The standard InChI is InChI=1S/C28H37N7O5S2/c1-4-40-26(37)23-18(3)29-28(41-23)32-27-30-24(34-15-12-21(36)13-16-34)22-7-6-14-35(25(22)31-27)17-19-8-10-20(11-9-19)33-42(38,39)5-2/h8-11,21,33,36H,4-7,12-17H2,1-3H3,(H,29,30,31,32). The molecule has 42 heavy (non-hydrogen) atoms. The van der Waals surface area contributed by atoms with Crippen LogP contribution in [0.25, 0.3) is 0 Å². The van der Waals surface area contributed by atoms with Gasteiger partial charge in [0.2, 0.25) is 16.0 Å². The minimum atomic E-state index is -3.35. The molecular formula is C28H37N7O5S2. The molecule has 3 N–H and O–H groups in total. The Labute approximate surface area is 250 Å². The van der Waals surface area contributed by atoms with E-state index in [4.69, 9.17) is 14.7 Å². The van der Waals surface area contributed by atoms with Gasteiger partial charge >= 0.3 is 5.97 Å². The van der Waals surface area contributed by atoms with E-state index in [1.54, 1.807) is 32.9 Å². The fourth-order valence-corrected chi connectivity index (χ4v) is 6.62. The van der Waals surface area contributed by atoms with Gasteiger partial charge in [-0.15, -0.1) is 0 Å². The van der Waals surface area contributed by atoms with Gasteiger partial charge < -0.3 is 19.6 Å². The lowest BCUT2D eigenvalue weighted by molar-refractivity contribution is 0.0531. The van der Waals surface area contributed by atoms with Crippen molar-refractivity contribution in [1.82, 2.24) is 15.0 Å². The van der Waals surface area contributed by atoms with Gasteiger partial charge in [-0.3, -0.25) is 10.0 Å². The maximum absolute atomic E-state index is 12.4. The Morgan fingerprint density at radius 3 is 2.50 bits per heavy atom. The largest absolute Gasteiger partial charge is 0.462 e. The molecule has 14 heteroatoms. The summed E-state index contributed by atoms with van der Waals surface area (Å²) < 4.78 is 31.6. The second-order valence-electron chi connectivity index (χ2n) is 10.4. The van der Waals surface area contributed by atoms with E-state index in [1.807, 2.05) is 12.1 Å². The molecule has 0 spiro atoms. The SMILES string of the molecule is CCOC(=O)c1sc(Nc2nc(N3CCC(O)CC3)c3c(n2)N(Cc2ccc(NS(=O)(=O)CC)cc2)CCC3)nc1C. The summed E-state index contributed by atoms with van der Waals surface area (Å²) in [5, 5.41) is 13.8. The van der Waals surface area contributed by atoms with Crippen LogP contribution in [-0.2, 0) is 27.7 Å². The minimum Gasteiger partial charge on any atom is -0.462 e. The van der Waals surface area contributed by atoms with E-state index in [9.17, 15) is 18.3 Å². The number of hydrogen-bond acceptors (Lipinski definition) is 12. The van der Waals surface area contributed by atoms with Gasteiger partial charge in [0.15, 0.2) is 5.13 Å². The van der Waals surface area contributed by atoms with Crippen molar-refractivity contribution < 1.29 is 23.1 Å². The number of thiazole rings is 1. The number of nitrogens with zero attached hydrogens (tertiary/aromatic N) is 5. The predicted octanol–water partition coefficient (Wildman–Crippen LogP) is 3.84. The fourth-order valence-electron chi connectivity index (χ4n) is 5.13. The van der Waals surface area contributed by atoms with E-state index in [0.717, 1.165) is 42.1 Å². The van der Waals surface area contributed by atoms with E-state index < -0.39 is 16.0 Å². The summed E-state index contributed by atoms with van der Waals surface area (Å²) in [7, 11) is -3.35. The third kappa shape index (κ3) is 6.93. The number of anilines is 5. The van der Waals surface area contributed by atoms with Crippen LogP contribution in [0.5, 0.6) is 0 Å². The number of carbonyl (C=O) groups excluding carboxylic acids is 1. The summed E-state index contributed by atoms with van der Waals surface area (Å²) in [4.78, 5) is 31.6. The van der Waals surface area contributed by atoms with Crippen LogP contribution in [0.2, 0.25) is 0 Å². The van der Waals surface area contributed by atoms with Crippen molar-refractivity contribution in [3.63, 3.8) is 0 Å². The zero-order chi connectivity index (χ0) is 29.9. The highest BCUT2D eigenvalue weighted by atomic mass is 32.2. The normalized spacial score (nSPS) is 15.8. The van der Waals surface area contributed by atoms with Gasteiger partial charge in [-0.2, -0.15) is 9.97 Å². The topological polar surface area (TPSA) is 150 Å². The van der Waals surface area contributed by atoms with Crippen LogP contribution >= 0.6 is 11.3 Å². The van der Waals surface area contributed by atoms with Crippen LogP contribution in [0.3, 0.4) is 0 Å². The predicted molar refractivity (Wildman–Crippen MR) is 164 cm³/mol. The van der Waals surface area contributed by atoms with Crippen LogP contribution in [0.4, 0.5) is 28.4 Å². The summed E-state index contributed by atoms with van der Waals surface area (Å²) >= 11 is 1.21. The summed E-state index contributed by atoms with van der Waals surface area (Å²) in [6.45, 7) is 8.21. The second-order valence-corrected chi connectivity index (χ2v) is 13.4. The molecule has 2 aliphatic heterocycles. The molecule has 12 nitrogen and oxygen atoms in total. The van der Waals surface area contributed by atoms with Gasteiger partial charge in [0, 0.05) is 37.4 Å². The number of hydrogen-bond donors (Lipinski definition) is 3. The van der Waals surface area contributed by atoms with Crippen LogP contribution in [0, 0.1) is 6.92 Å². The molecule has 0 amide bonds. The van der Waals surface area contributed by atoms with Crippen LogP contribution in [0.1, 0.15) is 59.6 Å². The summed E-state index contributed by atoms with van der Waals surface area (Å²) in [6, 6.07) is 7.39. The smallest absolute Gasteiger partial charge is 0.350 e. The van der Waals surface area contributed by atoms with E-state index >= 15 is 0 Å². The Morgan fingerprint density at radius 1 is 1.10 bits per heavy atom. The zero-order valence-corrected chi connectivity index (χ0v) is 25.7. The Morgan fingerprint density at radius 2 is 1.81 bits per heavy atom. The van der Waals surface area contributed by atoms with Crippen molar-refractivity contribution in [1.29, 1.82) is 0 Å². The molecule has 3 aromatic rings. The highest BCUT2D eigenvalue weighted by Crippen LogP contribution is 2.36.